The average Bonchev–Trinajstić information content (AvgIpc) is 3.42. The first-order chi connectivity index (χ1) is 37.1. The van der Waals surface area contributed by atoms with E-state index in [1.165, 1.54) is 205 Å². The Kier molecular flexibility index (Phi) is 45.1. The normalized spacial score (nSPS) is 24.9. The number of ether oxygens (including phenoxy) is 4. The molecule has 0 aromatic rings. The number of carbonyl (C=O) groups is 1. The van der Waals surface area contributed by atoms with Gasteiger partial charge in [0.1, 0.15) is 48.8 Å². The fourth-order valence-electron chi connectivity index (χ4n) is 10.8. The lowest BCUT2D eigenvalue weighted by Crippen LogP contribution is -2.65. The Bertz CT molecular complexity index is 1330. The van der Waals surface area contributed by atoms with Crippen LogP contribution in [-0.4, -0.2) is 140 Å². The maximum Gasteiger partial charge on any atom is 0.220 e. The van der Waals surface area contributed by atoms with Gasteiger partial charge in [0, 0.05) is 6.42 Å². The molecule has 12 atom stereocenters. The number of carbonyl (C=O) groups excluding carboxylic acids is 1. The van der Waals surface area contributed by atoms with Gasteiger partial charge >= 0.3 is 0 Å². The van der Waals surface area contributed by atoms with Crippen LogP contribution in [0.1, 0.15) is 284 Å². The Morgan fingerprint density at radius 3 is 1.25 bits per heavy atom. The molecule has 0 bridgehead atoms. The zero-order valence-electron chi connectivity index (χ0n) is 48.5. The number of unbranched alkanes of at least 4 members (excludes halogenated alkanes) is 37. The van der Waals surface area contributed by atoms with Gasteiger partial charge in [-0.3, -0.25) is 4.79 Å². The predicted molar refractivity (Wildman–Crippen MR) is 305 cm³/mol. The van der Waals surface area contributed by atoms with Crippen LogP contribution in [0.5, 0.6) is 0 Å². The largest absolute Gasteiger partial charge is 0.394 e. The van der Waals surface area contributed by atoms with Gasteiger partial charge in [-0.1, -0.05) is 251 Å². The summed E-state index contributed by atoms with van der Waals surface area (Å²) in [6, 6.07) is -0.823. The van der Waals surface area contributed by atoms with Crippen molar-refractivity contribution < 1.29 is 64.6 Å². The van der Waals surface area contributed by atoms with Crippen LogP contribution in [0.3, 0.4) is 0 Å². The molecule has 0 spiro atoms. The van der Waals surface area contributed by atoms with Crippen molar-refractivity contribution in [2.24, 2.45) is 0 Å². The molecule has 2 rings (SSSR count). The summed E-state index contributed by atoms with van der Waals surface area (Å²) in [5, 5.41) is 87.1. The molecular formula is C62H119NO13. The van der Waals surface area contributed by atoms with E-state index in [9.17, 15) is 45.6 Å². The van der Waals surface area contributed by atoms with E-state index < -0.39 is 86.8 Å². The number of hydrogen-bond acceptors (Lipinski definition) is 13. The second kappa shape index (κ2) is 48.4. The van der Waals surface area contributed by atoms with Crippen molar-refractivity contribution in [2.75, 3.05) is 19.8 Å². The summed E-state index contributed by atoms with van der Waals surface area (Å²) in [7, 11) is 0. The molecule has 0 aromatic carbocycles. The summed E-state index contributed by atoms with van der Waals surface area (Å²) in [5.41, 5.74) is 0. The number of aliphatic hydroxyl groups excluding tert-OH is 8. The maximum absolute atomic E-state index is 13.3. The fourth-order valence-corrected chi connectivity index (χ4v) is 10.8. The number of allylic oxidation sites excluding steroid dienone is 2. The highest BCUT2D eigenvalue weighted by Gasteiger charge is 2.51. The van der Waals surface area contributed by atoms with Gasteiger partial charge in [-0.2, -0.15) is 0 Å². The molecule has 2 aliphatic heterocycles. The topological polar surface area (TPSA) is 228 Å². The molecular weight excluding hydrogens is 967 g/mol. The third kappa shape index (κ3) is 33.5. The van der Waals surface area contributed by atoms with Crippen molar-refractivity contribution >= 4 is 5.91 Å². The lowest BCUT2D eigenvalue weighted by atomic mass is 9.97. The predicted octanol–water partition coefficient (Wildman–Crippen LogP) is 11.5. The van der Waals surface area contributed by atoms with Crippen LogP contribution in [0, 0.1) is 0 Å². The molecule has 14 nitrogen and oxygen atoms in total. The number of rotatable bonds is 52. The molecule has 9 N–H and O–H groups in total. The van der Waals surface area contributed by atoms with Crippen LogP contribution < -0.4 is 5.32 Å². The van der Waals surface area contributed by atoms with E-state index in [1.807, 2.05) is 0 Å². The zero-order chi connectivity index (χ0) is 55.3. The molecule has 0 saturated carbocycles. The van der Waals surface area contributed by atoms with Gasteiger partial charge in [0.05, 0.1) is 32.0 Å². The first-order valence-electron chi connectivity index (χ1n) is 31.9. The van der Waals surface area contributed by atoms with E-state index in [1.54, 1.807) is 0 Å². The highest BCUT2D eigenvalue weighted by molar-refractivity contribution is 5.76. The van der Waals surface area contributed by atoms with Crippen LogP contribution in [0.15, 0.2) is 12.2 Å². The van der Waals surface area contributed by atoms with Crippen molar-refractivity contribution in [3.8, 4) is 0 Å². The molecule has 2 heterocycles. The third-order valence-corrected chi connectivity index (χ3v) is 16.0. The Balaban J connectivity index is 1.61. The number of nitrogens with one attached hydrogen (secondary N) is 1. The molecule has 0 radical (unpaired) electrons. The summed E-state index contributed by atoms with van der Waals surface area (Å²) in [6.07, 6.45) is 39.6. The van der Waals surface area contributed by atoms with Gasteiger partial charge in [-0.15, -0.1) is 0 Å². The van der Waals surface area contributed by atoms with Crippen LogP contribution >= 0.6 is 0 Å². The third-order valence-electron chi connectivity index (χ3n) is 16.0. The smallest absolute Gasteiger partial charge is 0.220 e. The Hall–Kier alpha value is -1.27. The Labute approximate surface area is 463 Å². The van der Waals surface area contributed by atoms with Gasteiger partial charge in [-0.25, -0.2) is 0 Å². The molecule has 450 valence electrons. The summed E-state index contributed by atoms with van der Waals surface area (Å²) < 4.78 is 22.8. The van der Waals surface area contributed by atoms with Crippen molar-refractivity contribution in [3.05, 3.63) is 12.2 Å². The molecule has 14 heteroatoms. The second-order valence-electron chi connectivity index (χ2n) is 22.9. The molecule has 0 aliphatic carbocycles. The molecule has 0 aromatic heterocycles. The van der Waals surface area contributed by atoms with Gasteiger partial charge in [0.15, 0.2) is 12.6 Å². The minimum atomic E-state index is -1.78. The molecule has 1 amide bonds. The van der Waals surface area contributed by atoms with Crippen molar-refractivity contribution in [3.63, 3.8) is 0 Å². The number of hydrogen-bond donors (Lipinski definition) is 9. The lowest BCUT2D eigenvalue weighted by Gasteiger charge is -2.46. The highest BCUT2D eigenvalue weighted by Crippen LogP contribution is 2.30. The van der Waals surface area contributed by atoms with Gasteiger partial charge in [0.25, 0.3) is 0 Å². The summed E-state index contributed by atoms with van der Waals surface area (Å²) in [4.78, 5) is 13.3. The monoisotopic (exact) mass is 1090 g/mol. The first-order valence-corrected chi connectivity index (χ1v) is 31.9. The highest BCUT2D eigenvalue weighted by atomic mass is 16.7. The maximum atomic E-state index is 13.3. The van der Waals surface area contributed by atoms with Gasteiger partial charge < -0.3 is 65.1 Å². The van der Waals surface area contributed by atoms with E-state index >= 15 is 0 Å². The van der Waals surface area contributed by atoms with Crippen LogP contribution in [0.4, 0.5) is 0 Å². The SMILES string of the molecule is CCCCCCCCCC/C=C\CCCCCCCCCCCCCCCCCCCCCC(=O)NC(COC1OC(CO)C(OC2OC(CO)C(O)C(O)C2O)C(O)C1O)C(O)CCCCCCCCCCCCC. The molecule has 2 aliphatic rings. The summed E-state index contributed by atoms with van der Waals surface area (Å²) >= 11 is 0. The quantitative estimate of drug-likeness (QED) is 0.0204. The van der Waals surface area contributed by atoms with E-state index in [-0.39, 0.29) is 12.5 Å². The average molecular weight is 1090 g/mol. The molecule has 12 unspecified atom stereocenters. The van der Waals surface area contributed by atoms with Gasteiger partial charge in [0.2, 0.25) is 5.91 Å². The summed E-state index contributed by atoms with van der Waals surface area (Å²) in [6.45, 7) is 2.87. The number of aliphatic hydroxyl groups is 8. The van der Waals surface area contributed by atoms with Crippen LogP contribution in [-0.2, 0) is 23.7 Å². The Morgan fingerprint density at radius 2 is 0.829 bits per heavy atom. The molecule has 2 saturated heterocycles. The first kappa shape index (κ1) is 70.8. The van der Waals surface area contributed by atoms with Crippen molar-refractivity contribution in [1.29, 1.82) is 0 Å². The molecule has 76 heavy (non-hydrogen) atoms. The van der Waals surface area contributed by atoms with Crippen LogP contribution in [0.2, 0.25) is 0 Å². The van der Waals surface area contributed by atoms with E-state index in [0.717, 1.165) is 51.4 Å². The molecule has 2 fully saturated rings. The second-order valence-corrected chi connectivity index (χ2v) is 22.9. The Morgan fingerprint density at radius 1 is 0.461 bits per heavy atom. The minimum absolute atomic E-state index is 0.202. The number of amides is 1. The van der Waals surface area contributed by atoms with E-state index in [0.29, 0.717) is 12.8 Å². The van der Waals surface area contributed by atoms with Gasteiger partial charge in [-0.05, 0) is 38.5 Å². The van der Waals surface area contributed by atoms with E-state index in [2.05, 4.69) is 31.3 Å². The van der Waals surface area contributed by atoms with Crippen LogP contribution in [0.25, 0.3) is 0 Å². The zero-order valence-corrected chi connectivity index (χ0v) is 48.5. The van der Waals surface area contributed by atoms with E-state index in [4.69, 9.17) is 18.9 Å². The lowest BCUT2D eigenvalue weighted by molar-refractivity contribution is -0.359. The minimum Gasteiger partial charge on any atom is -0.394 e. The van der Waals surface area contributed by atoms with Crippen molar-refractivity contribution in [1.82, 2.24) is 5.32 Å². The standard InChI is InChI=1S/C62H119NO13/c1-3-5-7-9-11-13-15-16-17-18-19-20-21-22-23-24-25-26-27-28-29-30-31-32-33-34-36-38-40-42-44-46-54(67)63-50(51(66)45-43-41-39-37-35-14-12-10-8-6-4-2)49-73-61-59(72)57(70)60(53(48-65)75-61)76-62-58(71)56(69)55(68)52(47-64)74-62/h18-19,50-53,55-62,64-66,68-72H,3-17,20-49H2,1-2H3,(H,63,67)/b19-18-. The summed E-state index contributed by atoms with van der Waals surface area (Å²) in [5.74, 6) is -0.202. The van der Waals surface area contributed by atoms with Crippen molar-refractivity contribution in [2.45, 2.75) is 357 Å². The fraction of sp³-hybridized carbons (Fsp3) is 0.952.